The summed E-state index contributed by atoms with van der Waals surface area (Å²) in [7, 11) is 0. The van der Waals surface area contributed by atoms with Gasteiger partial charge in [0.1, 0.15) is 5.75 Å². The smallest absolute Gasteiger partial charge is 0.260 e. The first kappa shape index (κ1) is 21.4. The number of benzene rings is 1. The second kappa shape index (κ2) is 9.11. The number of aryl methyl sites for hydroxylation is 2. The number of halogens is 2. The molecule has 1 aromatic carbocycles. The Morgan fingerprint density at radius 3 is 2.32 bits per heavy atom. The van der Waals surface area contributed by atoms with Gasteiger partial charge in [0.2, 0.25) is 0 Å². The summed E-state index contributed by atoms with van der Waals surface area (Å²) in [5.74, 6) is 1.82. The summed E-state index contributed by atoms with van der Waals surface area (Å²) in [5.41, 5.74) is 1.94. The molecule has 0 aliphatic carbocycles. The van der Waals surface area contributed by atoms with Crippen molar-refractivity contribution in [3.63, 3.8) is 0 Å². The highest BCUT2D eigenvalue weighted by Crippen LogP contribution is 2.27. The molecule has 2 aromatic heterocycles. The van der Waals surface area contributed by atoms with E-state index in [2.05, 4.69) is 20.2 Å². The van der Waals surface area contributed by atoms with E-state index in [9.17, 15) is 4.79 Å². The van der Waals surface area contributed by atoms with Crippen LogP contribution in [0.1, 0.15) is 11.4 Å². The first-order valence-corrected chi connectivity index (χ1v) is 10.6. The topological polar surface area (TPSA) is 76.4 Å². The van der Waals surface area contributed by atoms with E-state index < -0.39 is 0 Å². The second-order valence-corrected chi connectivity index (χ2v) is 8.16. The minimum absolute atomic E-state index is 0.0709. The van der Waals surface area contributed by atoms with Crippen molar-refractivity contribution in [2.45, 2.75) is 13.8 Å². The van der Waals surface area contributed by atoms with E-state index in [0.717, 1.165) is 17.2 Å². The van der Waals surface area contributed by atoms with Gasteiger partial charge in [0.15, 0.2) is 18.2 Å². The van der Waals surface area contributed by atoms with Gasteiger partial charge in [-0.15, -0.1) is 10.2 Å². The maximum Gasteiger partial charge on any atom is 0.260 e. The lowest BCUT2D eigenvalue weighted by Gasteiger charge is -2.35. The molecule has 3 heterocycles. The van der Waals surface area contributed by atoms with Crippen LogP contribution in [0.2, 0.25) is 10.0 Å². The number of nitrogens with zero attached hydrogens (tertiary/aromatic N) is 6. The Morgan fingerprint density at radius 2 is 1.71 bits per heavy atom. The predicted octanol–water partition coefficient (Wildman–Crippen LogP) is 3.31. The van der Waals surface area contributed by atoms with Gasteiger partial charge in [0.05, 0.1) is 10.7 Å². The van der Waals surface area contributed by atoms with Crippen LogP contribution in [-0.4, -0.2) is 63.6 Å². The molecule has 1 fully saturated rings. The summed E-state index contributed by atoms with van der Waals surface area (Å²) < 4.78 is 7.33. The molecule has 8 nitrogen and oxygen atoms in total. The van der Waals surface area contributed by atoms with Crippen LogP contribution in [0.25, 0.3) is 5.82 Å². The van der Waals surface area contributed by atoms with Gasteiger partial charge in [-0.3, -0.25) is 4.79 Å². The Bertz CT molecular complexity index is 1080. The normalized spacial score (nSPS) is 14.1. The molecule has 1 amide bonds. The van der Waals surface area contributed by atoms with Crippen molar-refractivity contribution in [1.82, 2.24) is 24.9 Å². The van der Waals surface area contributed by atoms with Crippen LogP contribution in [-0.2, 0) is 4.79 Å². The highest BCUT2D eigenvalue weighted by molar-refractivity contribution is 6.35. The third kappa shape index (κ3) is 4.91. The van der Waals surface area contributed by atoms with Crippen LogP contribution in [0.5, 0.6) is 5.75 Å². The average molecular weight is 461 g/mol. The van der Waals surface area contributed by atoms with Crippen LogP contribution in [0.15, 0.2) is 36.4 Å². The molecule has 0 spiro atoms. The fraction of sp³-hybridized carbons (Fsp3) is 0.333. The molecule has 0 atom stereocenters. The first-order chi connectivity index (χ1) is 14.9. The van der Waals surface area contributed by atoms with Crippen molar-refractivity contribution in [2.75, 3.05) is 37.7 Å². The number of aromatic nitrogens is 4. The number of hydrogen-bond acceptors (Lipinski definition) is 6. The zero-order chi connectivity index (χ0) is 22.0. The van der Waals surface area contributed by atoms with Crippen LogP contribution < -0.4 is 9.64 Å². The Morgan fingerprint density at radius 1 is 1.00 bits per heavy atom. The first-order valence-electron chi connectivity index (χ1n) is 9.88. The lowest BCUT2D eigenvalue weighted by atomic mass is 10.3. The molecule has 0 radical (unpaired) electrons. The minimum atomic E-state index is -0.0865. The number of hydrogen-bond donors (Lipinski definition) is 0. The monoisotopic (exact) mass is 460 g/mol. The van der Waals surface area contributed by atoms with Crippen LogP contribution in [0.3, 0.4) is 0 Å². The van der Waals surface area contributed by atoms with Crippen LogP contribution in [0, 0.1) is 13.8 Å². The Hall–Kier alpha value is -2.84. The zero-order valence-electron chi connectivity index (χ0n) is 17.3. The third-order valence-electron chi connectivity index (χ3n) is 5.06. The summed E-state index contributed by atoms with van der Waals surface area (Å²) in [4.78, 5) is 16.4. The van der Waals surface area contributed by atoms with Gasteiger partial charge < -0.3 is 14.5 Å². The number of carbonyl (C=O) groups excluding carboxylic acids is 1. The molecule has 31 heavy (non-hydrogen) atoms. The Labute approximate surface area is 190 Å². The van der Waals surface area contributed by atoms with Gasteiger partial charge >= 0.3 is 0 Å². The fourth-order valence-electron chi connectivity index (χ4n) is 3.47. The Balaban J connectivity index is 1.31. The van der Waals surface area contributed by atoms with Crippen molar-refractivity contribution < 1.29 is 9.53 Å². The molecule has 0 saturated carbocycles. The molecule has 10 heteroatoms. The van der Waals surface area contributed by atoms with Crippen LogP contribution >= 0.6 is 23.2 Å². The predicted molar refractivity (Wildman–Crippen MR) is 119 cm³/mol. The summed E-state index contributed by atoms with van der Waals surface area (Å²) in [6.07, 6.45) is 0. The number of amides is 1. The third-order valence-corrected chi connectivity index (χ3v) is 5.59. The number of anilines is 1. The van der Waals surface area contributed by atoms with E-state index >= 15 is 0 Å². The molecule has 0 N–H and O–H groups in total. The summed E-state index contributed by atoms with van der Waals surface area (Å²) >= 11 is 12.0. The molecule has 0 bridgehead atoms. The maximum atomic E-state index is 12.5. The highest BCUT2D eigenvalue weighted by Gasteiger charge is 2.23. The molecule has 4 rings (SSSR count). The molecular weight excluding hydrogens is 439 g/mol. The molecule has 0 unspecified atom stereocenters. The van der Waals surface area contributed by atoms with E-state index in [4.69, 9.17) is 27.9 Å². The number of rotatable bonds is 5. The number of carbonyl (C=O) groups is 1. The lowest BCUT2D eigenvalue weighted by molar-refractivity contribution is -0.133. The van der Waals surface area contributed by atoms with Gasteiger partial charge in [-0.1, -0.05) is 23.2 Å². The van der Waals surface area contributed by atoms with E-state index in [1.165, 1.54) is 0 Å². The summed E-state index contributed by atoms with van der Waals surface area (Å²) in [6, 6.07) is 10.8. The number of ether oxygens (including phenoxy) is 1. The molecule has 1 aliphatic heterocycles. The number of piperazine rings is 1. The van der Waals surface area contributed by atoms with Crippen molar-refractivity contribution in [2.24, 2.45) is 0 Å². The second-order valence-electron chi connectivity index (χ2n) is 7.32. The zero-order valence-corrected chi connectivity index (χ0v) is 18.8. The summed E-state index contributed by atoms with van der Waals surface area (Å²) in [6.45, 7) is 6.35. The van der Waals surface area contributed by atoms with Crippen molar-refractivity contribution in [1.29, 1.82) is 0 Å². The molecule has 1 aliphatic rings. The molecule has 1 saturated heterocycles. The van der Waals surface area contributed by atoms with Crippen molar-refractivity contribution in [3.05, 3.63) is 57.8 Å². The van der Waals surface area contributed by atoms with Crippen molar-refractivity contribution in [3.8, 4) is 11.6 Å². The van der Waals surface area contributed by atoms with E-state index in [1.54, 1.807) is 27.8 Å². The SMILES string of the molecule is Cc1cc(C)n(-c2ccc(N3CCN(C(=O)COc4ccc(Cl)cc4Cl)CC3)nn2)n1. The van der Waals surface area contributed by atoms with E-state index in [0.29, 0.717) is 47.8 Å². The van der Waals surface area contributed by atoms with Gasteiger partial charge in [-0.25, -0.2) is 4.68 Å². The van der Waals surface area contributed by atoms with Gasteiger partial charge in [-0.05, 0) is 50.2 Å². The molecular formula is C21H22Cl2N6O2. The largest absolute Gasteiger partial charge is 0.482 e. The highest BCUT2D eigenvalue weighted by atomic mass is 35.5. The van der Waals surface area contributed by atoms with Gasteiger partial charge in [0, 0.05) is 36.9 Å². The van der Waals surface area contributed by atoms with E-state index in [1.807, 2.05) is 32.0 Å². The van der Waals surface area contributed by atoms with Crippen molar-refractivity contribution >= 4 is 34.9 Å². The Kier molecular flexibility index (Phi) is 6.29. The standard InChI is InChI=1S/C21H22Cl2N6O2/c1-14-11-15(2)29(26-14)20-6-5-19(24-25-20)27-7-9-28(10-8-27)21(30)13-31-18-4-3-16(22)12-17(18)23/h3-6,11-12H,7-10,13H2,1-2H3. The van der Waals surface area contributed by atoms with E-state index in [-0.39, 0.29) is 12.5 Å². The summed E-state index contributed by atoms with van der Waals surface area (Å²) in [5, 5.41) is 14.0. The fourth-order valence-corrected chi connectivity index (χ4v) is 3.93. The van der Waals surface area contributed by atoms with Gasteiger partial charge in [0.25, 0.3) is 5.91 Å². The van der Waals surface area contributed by atoms with Gasteiger partial charge in [-0.2, -0.15) is 5.10 Å². The maximum absolute atomic E-state index is 12.5. The quantitative estimate of drug-likeness (QED) is 0.581. The molecule has 162 valence electrons. The lowest BCUT2D eigenvalue weighted by Crippen LogP contribution is -2.50. The average Bonchev–Trinajstić information content (AvgIpc) is 3.11. The minimum Gasteiger partial charge on any atom is -0.482 e. The molecule has 3 aromatic rings. The van der Waals surface area contributed by atoms with Crippen LogP contribution in [0.4, 0.5) is 5.82 Å².